The molecule has 13 nitrogen and oxygen atoms in total. The van der Waals surface area contributed by atoms with Crippen LogP contribution in [0.15, 0.2) is 0 Å². The summed E-state index contributed by atoms with van der Waals surface area (Å²) in [6, 6.07) is 0. The summed E-state index contributed by atoms with van der Waals surface area (Å²) in [5.74, 6) is 8.00. The number of hydrogen-bond acceptors (Lipinski definition) is 9. The van der Waals surface area contributed by atoms with E-state index in [1.54, 1.807) is 0 Å². The molecule has 0 aromatic carbocycles. The van der Waals surface area contributed by atoms with Gasteiger partial charge in [-0.3, -0.25) is 11.7 Å². The van der Waals surface area contributed by atoms with Crippen molar-refractivity contribution in [3.8, 4) is 0 Å². The molecule has 0 atom stereocenters. The van der Waals surface area contributed by atoms with Gasteiger partial charge in [0.25, 0.3) is 0 Å². The molecule has 0 aromatic rings. The van der Waals surface area contributed by atoms with E-state index in [1.165, 1.54) is 0 Å². The highest BCUT2D eigenvalue weighted by Crippen LogP contribution is 2.42. The fourth-order valence-electron chi connectivity index (χ4n) is 0.122. The van der Waals surface area contributed by atoms with E-state index in [0.717, 1.165) is 0 Å². The molecule has 0 amide bonds. The van der Waals surface area contributed by atoms with Crippen LogP contribution in [0.4, 0.5) is 0 Å². The van der Waals surface area contributed by atoms with Crippen molar-refractivity contribution in [3.63, 3.8) is 0 Å². The van der Waals surface area contributed by atoms with Crippen molar-refractivity contribution >= 4 is 15.6 Å². The molecule has 0 aliphatic rings. The van der Waals surface area contributed by atoms with Gasteiger partial charge in [0.1, 0.15) is 0 Å². The zero-order valence-electron chi connectivity index (χ0n) is 8.91. The molecule has 20 N–H and O–H groups in total. The lowest BCUT2D eigenvalue weighted by Crippen LogP contribution is -2.23. The van der Waals surface area contributed by atoms with Crippen LogP contribution >= 0.6 is 15.6 Å². The van der Waals surface area contributed by atoms with Gasteiger partial charge in [-0.2, -0.15) is 0 Å². The summed E-state index contributed by atoms with van der Waals surface area (Å²) >= 11 is 0. The van der Waals surface area contributed by atoms with Gasteiger partial charge in [0.15, 0.2) is 0 Å². The topological polar surface area (TPSA) is 334 Å². The molecule has 15 heavy (non-hydrogen) atoms. The second-order valence-corrected chi connectivity index (χ2v) is 3.42. The first kappa shape index (κ1) is 36.3. The molecule has 0 saturated heterocycles. The Kier molecular flexibility index (Phi) is 33.9. The van der Waals surface area contributed by atoms with Crippen LogP contribution in [-0.4, -0.2) is 0 Å². The molecule has 0 spiro atoms. The van der Waals surface area contributed by atoms with Crippen molar-refractivity contribution in [2.75, 3.05) is 0 Å². The third-order valence-corrected chi connectivity index (χ3v) is 1.80. The SMILES string of the molecule is NN.O=P([O-])([O-])OP(=O)([O-])[O-].[NH4+].[NH4+].[NH4+].[NH4+]. The lowest BCUT2D eigenvalue weighted by molar-refractivity contribution is -0.364. The van der Waals surface area contributed by atoms with E-state index < -0.39 is 15.6 Å². The van der Waals surface area contributed by atoms with Crippen molar-refractivity contribution in [2.45, 2.75) is 0 Å². The number of phosphoric acid groups is 2. The monoisotopic (exact) mass is 278 g/mol. The molecule has 0 bridgehead atoms. The highest BCUT2D eigenvalue weighted by atomic mass is 31.3. The minimum absolute atomic E-state index is 0. The van der Waals surface area contributed by atoms with E-state index in [-0.39, 0.29) is 24.6 Å². The molecule has 0 unspecified atom stereocenters. The van der Waals surface area contributed by atoms with Gasteiger partial charge in [-0.25, -0.2) is 0 Å². The van der Waals surface area contributed by atoms with Gasteiger partial charge in [-0.15, -0.1) is 0 Å². The Morgan fingerprint density at radius 2 is 0.867 bits per heavy atom. The number of nitrogens with two attached hydrogens (primary N) is 2. The molecule has 0 heterocycles. The third kappa shape index (κ3) is 55.9. The molecule has 0 radical (unpaired) electrons. The normalized spacial score (nSPS) is 8.67. The smallest absolute Gasteiger partial charge is 0.0655 e. The maximum atomic E-state index is 9.32. The third-order valence-electron chi connectivity index (χ3n) is 0.200. The summed E-state index contributed by atoms with van der Waals surface area (Å²) < 4.78 is 21.2. The first-order valence-electron chi connectivity index (χ1n) is 1.79. The molecule has 0 fully saturated rings. The Morgan fingerprint density at radius 3 is 0.867 bits per heavy atom. The van der Waals surface area contributed by atoms with Crippen LogP contribution in [0, 0.1) is 0 Å². The number of rotatable bonds is 2. The van der Waals surface area contributed by atoms with Gasteiger partial charge in [0.05, 0.1) is 15.6 Å². The number of quaternary nitrogens is 4. The zero-order chi connectivity index (χ0) is 9.71. The van der Waals surface area contributed by atoms with Crippen LogP contribution in [-0.2, 0) is 13.4 Å². The van der Waals surface area contributed by atoms with Crippen molar-refractivity contribution in [3.05, 3.63) is 0 Å². The van der Waals surface area contributed by atoms with E-state index in [0.29, 0.717) is 0 Å². The lowest BCUT2D eigenvalue weighted by atomic mass is 13.0. The van der Waals surface area contributed by atoms with Crippen molar-refractivity contribution in [2.24, 2.45) is 11.7 Å². The van der Waals surface area contributed by atoms with Crippen LogP contribution in [0.1, 0.15) is 0 Å². The molecule has 0 aliphatic carbocycles. The highest BCUT2D eigenvalue weighted by molar-refractivity contribution is 7.57. The number of hydrazine groups is 1. The van der Waals surface area contributed by atoms with Gasteiger partial charge in [-0.1, -0.05) is 0 Å². The Balaban J connectivity index is -0.0000000317. The summed E-state index contributed by atoms with van der Waals surface area (Å²) in [4.78, 5) is 37.3. The first-order chi connectivity index (χ1) is 4.71. The highest BCUT2D eigenvalue weighted by Gasteiger charge is 1.92. The maximum Gasteiger partial charge on any atom is 0.0655 e. The first-order valence-corrected chi connectivity index (χ1v) is 4.72. The predicted octanol–water partition coefficient (Wildman–Crippen LogP) is -3.02. The standard InChI is InChI=1S/H4N2.4H3N.H4O7P2/c1-2;;;;;1-8(2,3)7-9(4,5)6/h1-2H2;4*1H3;(H2,1,2,3)(H2,4,5,6). The van der Waals surface area contributed by atoms with Crippen molar-refractivity contribution in [1.29, 1.82) is 0 Å². The summed E-state index contributed by atoms with van der Waals surface area (Å²) in [6.45, 7) is 0. The Bertz CT molecular complexity index is 162. The van der Waals surface area contributed by atoms with Gasteiger partial charge in [0.2, 0.25) is 0 Å². The summed E-state index contributed by atoms with van der Waals surface area (Å²) in [5.41, 5.74) is 0. The van der Waals surface area contributed by atoms with Crippen LogP contribution in [0.2, 0.25) is 0 Å². The Labute approximate surface area is 86.0 Å². The average Bonchev–Trinajstić information content (AvgIpc) is 1.60. The molecule has 15 heteroatoms. The van der Waals surface area contributed by atoms with Crippen molar-refractivity contribution < 1.29 is 33.0 Å². The van der Waals surface area contributed by atoms with Crippen LogP contribution in [0.25, 0.3) is 0 Å². The minimum atomic E-state index is -5.68. The van der Waals surface area contributed by atoms with E-state index in [4.69, 9.17) is 0 Å². The zero-order valence-corrected chi connectivity index (χ0v) is 10.7. The predicted molar refractivity (Wildman–Crippen MR) is 48.6 cm³/mol. The molecule has 0 saturated carbocycles. The molecule has 0 aliphatic heterocycles. The fourth-order valence-corrected chi connectivity index (χ4v) is 1.10. The second kappa shape index (κ2) is 14.0. The summed E-state index contributed by atoms with van der Waals surface area (Å²) in [6.07, 6.45) is 0. The van der Waals surface area contributed by atoms with E-state index >= 15 is 0 Å². The van der Waals surface area contributed by atoms with Gasteiger partial charge < -0.3 is 57.6 Å². The Morgan fingerprint density at radius 1 is 0.733 bits per heavy atom. The van der Waals surface area contributed by atoms with E-state index in [9.17, 15) is 28.7 Å². The summed E-state index contributed by atoms with van der Waals surface area (Å²) in [5, 5.41) is 0. The lowest BCUT2D eigenvalue weighted by Gasteiger charge is -2.39. The van der Waals surface area contributed by atoms with Gasteiger partial charge >= 0.3 is 0 Å². The number of hydrogen-bond donors (Lipinski definition) is 6. The van der Waals surface area contributed by atoms with Gasteiger partial charge in [-0.05, 0) is 0 Å². The van der Waals surface area contributed by atoms with Gasteiger partial charge in [0, 0.05) is 0 Å². The van der Waals surface area contributed by atoms with Crippen LogP contribution in [0.5, 0.6) is 0 Å². The van der Waals surface area contributed by atoms with E-state index in [1.807, 2.05) is 0 Å². The molecule has 0 aromatic heterocycles. The quantitative estimate of drug-likeness (QED) is 0.169. The molecule has 0 rings (SSSR count). The van der Waals surface area contributed by atoms with Crippen LogP contribution in [0.3, 0.4) is 0 Å². The largest absolute Gasteiger partial charge is 0.790 e. The fraction of sp³-hybridized carbons (Fsp3) is 0. The molecular weight excluding hydrogens is 258 g/mol. The summed E-state index contributed by atoms with van der Waals surface area (Å²) in [7, 11) is -11.4. The Hall–Kier alpha value is 0.0200. The average molecular weight is 278 g/mol. The molecular formula is H20N6O7P2. The van der Waals surface area contributed by atoms with Crippen molar-refractivity contribution in [1.82, 2.24) is 24.6 Å². The molecule has 102 valence electrons. The maximum absolute atomic E-state index is 9.32. The minimum Gasteiger partial charge on any atom is -0.790 e. The van der Waals surface area contributed by atoms with E-state index in [2.05, 4.69) is 16.0 Å². The second-order valence-electron chi connectivity index (χ2n) is 0.976. The van der Waals surface area contributed by atoms with Crippen LogP contribution < -0.4 is 55.9 Å².